The Morgan fingerprint density at radius 1 is 1.50 bits per heavy atom. The van der Waals surface area contributed by atoms with Gasteiger partial charge in [0.2, 0.25) is 10.0 Å². The van der Waals surface area contributed by atoms with Crippen molar-refractivity contribution in [1.82, 2.24) is 0 Å². The quantitative estimate of drug-likeness (QED) is 0.865. The third-order valence-electron chi connectivity index (χ3n) is 1.90. The predicted octanol–water partition coefficient (Wildman–Crippen LogP) is 1.73. The van der Waals surface area contributed by atoms with E-state index < -0.39 is 10.0 Å². The van der Waals surface area contributed by atoms with Crippen molar-refractivity contribution in [2.45, 2.75) is 12.8 Å². The third-order valence-corrected chi connectivity index (χ3v) is 3.10. The molecule has 2 N–H and O–H groups in total. The highest BCUT2D eigenvalue weighted by Crippen LogP contribution is 2.19. The van der Waals surface area contributed by atoms with Crippen molar-refractivity contribution in [1.29, 1.82) is 0 Å². The van der Waals surface area contributed by atoms with Crippen LogP contribution in [-0.2, 0) is 10.0 Å². The van der Waals surface area contributed by atoms with E-state index in [2.05, 4.69) is 0 Å². The Morgan fingerprint density at radius 3 is 2.64 bits per heavy atom. The summed E-state index contributed by atoms with van der Waals surface area (Å²) in [6.07, 6.45) is 0. The lowest BCUT2D eigenvalue weighted by Crippen LogP contribution is -2.20. The first-order valence-corrected chi connectivity index (χ1v) is 6.24. The van der Waals surface area contributed by atoms with Crippen LogP contribution < -0.4 is 5.14 Å². The van der Waals surface area contributed by atoms with Gasteiger partial charge in [0.1, 0.15) is 0 Å². The zero-order valence-electron chi connectivity index (χ0n) is 7.77. The first-order valence-electron chi connectivity index (χ1n) is 4.14. The van der Waals surface area contributed by atoms with E-state index in [9.17, 15) is 8.42 Å². The second-order valence-corrected chi connectivity index (χ2v) is 5.38. The molecule has 1 aromatic rings. The van der Waals surface area contributed by atoms with Gasteiger partial charge in [0.05, 0.1) is 5.75 Å². The third kappa shape index (κ3) is 3.65. The number of sulfonamides is 1. The van der Waals surface area contributed by atoms with Crippen LogP contribution in [-0.4, -0.2) is 14.2 Å². The summed E-state index contributed by atoms with van der Waals surface area (Å²) in [6, 6.07) is 7.12. The molecule has 5 heteroatoms. The van der Waals surface area contributed by atoms with Crippen molar-refractivity contribution in [3.8, 4) is 0 Å². The van der Waals surface area contributed by atoms with E-state index >= 15 is 0 Å². The van der Waals surface area contributed by atoms with Crippen molar-refractivity contribution in [3.05, 3.63) is 34.9 Å². The van der Waals surface area contributed by atoms with Crippen molar-refractivity contribution in [2.75, 3.05) is 5.75 Å². The summed E-state index contributed by atoms with van der Waals surface area (Å²) in [6.45, 7) is 1.80. The Morgan fingerprint density at radius 2 is 2.14 bits per heavy atom. The molecule has 0 fully saturated rings. The number of primary sulfonamides is 1. The van der Waals surface area contributed by atoms with E-state index in [-0.39, 0.29) is 11.7 Å². The summed E-state index contributed by atoms with van der Waals surface area (Å²) >= 11 is 5.78. The maximum absolute atomic E-state index is 10.8. The normalized spacial score (nSPS) is 13.9. The minimum Gasteiger partial charge on any atom is -0.229 e. The zero-order valence-corrected chi connectivity index (χ0v) is 9.35. The van der Waals surface area contributed by atoms with Crippen LogP contribution in [0.4, 0.5) is 0 Å². The van der Waals surface area contributed by atoms with Crippen LogP contribution in [0.3, 0.4) is 0 Å². The Bertz CT molecular complexity index is 417. The first-order chi connectivity index (χ1) is 6.38. The van der Waals surface area contributed by atoms with Crippen molar-refractivity contribution < 1.29 is 8.42 Å². The van der Waals surface area contributed by atoms with Crippen molar-refractivity contribution in [3.63, 3.8) is 0 Å². The van der Waals surface area contributed by atoms with Gasteiger partial charge in [-0.1, -0.05) is 30.7 Å². The Labute approximate surface area is 88.9 Å². The van der Waals surface area contributed by atoms with Crippen LogP contribution in [0, 0.1) is 0 Å². The molecular formula is C9H12ClNO2S. The van der Waals surface area contributed by atoms with E-state index in [1.807, 2.05) is 6.07 Å². The van der Waals surface area contributed by atoms with E-state index in [1.165, 1.54) is 0 Å². The fourth-order valence-electron chi connectivity index (χ4n) is 1.26. The monoisotopic (exact) mass is 233 g/mol. The van der Waals surface area contributed by atoms with E-state index in [0.29, 0.717) is 5.02 Å². The topological polar surface area (TPSA) is 60.2 Å². The van der Waals surface area contributed by atoms with Gasteiger partial charge in [0.15, 0.2) is 0 Å². The van der Waals surface area contributed by atoms with Crippen LogP contribution in [0.25, 0.3) is 0 Å². The van der Waals surface area contributed by atoms with Gasteiger partial charge in [-0.3, -0.25) is 0 Å². The summed E-state index contributed by atoms with van der Waals surface area (Å²) in [7, 11) is -3.43. The predicted molar refractivity (Wildman–Crippen MR) is 57.8 cm³/mol. The number of hydrogen-bond donors (Lipinski definition) is 1. The molecule has 0 bridgehead atoms. The number of nitrogens with two attached hydrogens (primary N) is 1. The van der Waals surface area contributed by atoms with Crippen LogP contribution in [0.2, 0.25) is 5.02 Å². The molecule has 78 valence electrons. The Kier molecular flexibility index (Phi) is 3.53. The molecule has 0 radical (unpaired) electrons. The number of benzene rings is 1. The van der Waals surface area contributed by atoms with Crippen LogP contribution in [0.5, 0.6) is 0 Å². The Balaban J connectivity index is 2.85. The van der Waals surface area contributed by atoms with Gasteiger partial charge < -0.3 is 0 Å². The lowest BCUT2D eigenvalue weighted by atomic mass is 10.0. The zero-order chi connectivity index (χ0) is 10.8. The highest BCUT2D eigenvalue weighted by molar-refractivity contribution is 7.89. The molecule has 0 saturated heterocycles. The fourth-order valence-corrected chi connectivity index (χ4v) is 2.35. The molecule has 0 spiro atoms. The van der Waals surface area contributed by atoms with Gasteiger partial charge in [-0.05, 0) is 23.6 Å². The molecule has 1 rings (SSSR count). The molecular weight excluding hydrogens is 222 g/mol. The SMILES string of the molecule is CC(CS(N)(=O)=O)c1cccc(Cl)c1. The van der Waals surface area contributed by atoms with Crippen LogP contribution in [0.15, 0.2) is 24.3 Å². The summed E-state index contributed by atoms with van der Waals surface area (Å²) in [5.41, 5.74) is 0.881. The molecule has 3 nitrogen and oxygen atoms in total. The van der Waals surface area contributed by atoms with Crippen LogP contribution in [0.1, 0.15) is 18.4 Å². The summed E-state index contributed by atoms with van der Waals surface area (Å²) in [5, 5.41) is 5.55. The van der Waals surface area contributed by atoms with Gasteiger partial charge in [-0.2, -0.15) is 0 Å². The standard InChI is InChI=1S/C9H12ClNO2S/c1-7(6-14(11,12)13)8-3-2-4-9(10)5-8/h2-5,7H,6H2,1H3,(H2,11,12,13). The largest absolute Gasteiger partial charge is 0.229 e. The molecule has 0 saturated carbocycles. The molecule has 0 aliphatic rings. The van der Waals surface area contributed by atoms with Crippen LogP contribution >= 0.6 is 11.6 Å². The number of hydrogen-bond acceptors (Lipinski definition) is 2. The minimum absolute atomic E-state index is 0.0622. The molecule has 1 atom stereocenters. The summed E-state index contributed by atoms with van der Waals surface area (Å²) in [5.74, 6) is -0.198. The molecule has 0 aliphatic carbocycles. The average molecular weight is 234 g/mol. The van der Waals surface area contributed by atoms with Gasteiger partial charge in [0, 0.05) is 5.02 Å². The number of rotatable bonds is 3. The van der Waals surface area contributed by atoms with Gasteiger partial charge in [0.25, 0.3) is 0 Å². The lowest BCUT2D eigenvalue weighted by Gasteiger charge is -2.10. The highest BCUT2D eigenvalue weighted by atomic mass is 35.5. The average Bonchev–Trinajstić information content (AvgIpc) is 2.01. The fraction of sp³-hybridized carbons (Fsp3) is 0.333. The molecule has 1 aromatic carbocycles. The second-order valence-electron chi connectivity index (χ2n) is 3.29. The molecule has 0 aromatic heterocycles. The van der Waals surface area contributed by atoms with Gasteiger partial charge >= 0.3 is 0 Å². The van der Waals surface area contributed by atoms with Gasteiger partial charge in [-0.15, -0.1) is 0 Å². The Hall–Kier alpha value is -0.580. The van der Waals surface area contributed by atoms with E-state index in [4.69, 9.17) is 16.7 Å². The minimum atomic E-state index is -3.43. The molecule has 1 unspecified atom stereocenters. The second kappa shape index (κ2) is 4.29. The molecule has 0 heterocycles. The summed E-state index contributed by atoms with van der Waals surface area (Å²) < 4.78 is 21.7. The van der Waals surface area contributed by atoms with E-state index in [1.54, 1.807) is 25.1 Å². The molecule has 0 amide bonds. The van der Waals surface area contributed by atoms with Crippen molar-refractivity contribution >= 4 is 21.6 Å². The highest BCUT2D eigenvalue weighted by Gasteiger charge is 2.12. The molecule has 14 heavy (non-hydrogen) atoms. The first kappa shape index (κ1) is 11.5. The maximum atomic E-state index is 10.8. The van der Waals surface area contributed by atoms with Crippen molar-refractivity contribution in [2.24, 2.45) is 5.14 Å². The summed E-state index contributed by atoms with van der Waals surface area (Å²) in [4.78, 5) is 0. The number of halogens is 1. The van der Waals surface area contributed by atoms with E-state index in [0.717, 1.165) is 5.56 Å². The van der Waals surface area contributed by atoms with Gasteiger partial charge in [-0.25, -0.2) is 13.6 Å². The maximum Gasteiger partial charge on any atom is 0.209 e. The lowest BCUT2D eigenvalue weighted by molar-refractivity contribution is 0.592. The smallest absolute Gasteiger partial charge is 0.209 e. The molecule has 0 aliphatic heterocycles.